The molecule has 3 heteroatoms. The minimum atomic E-state index is 0.792. The SMILES string of the molecule is SCCC#Cc1ccc2nccnc2c1. The third-order valence-corrected chi connectivity index (χ3v) is 2.16. The first kappa shape index (κ1) is 10.0. The van der Waals surface area contributed by atoms with Gasteiger partial charge in [0.2, 0.25) is 0 Å². The van der Waals surface area contributed by atoms with Crippen molar-refractivity contribution < 1.29 is 0 Å². The fourth-order valence-corrected chi connectivity index (χ4v) is 1.37. The van der Waals surface area contributed by atoms with E-state index in [0.29, 0.717) is 0 Å². The first-order valence-corrected chi connectivity index (χ1v) is 5.34. The van der Waals surface area contributed by atoms with Gasteiger partial charge in [0, 0.05) is 30.1 Å². The number of fused-ring (bicyclic) bond motifs is 1. The van der Waals surface area contributed by atoms with Crippen LogP contribution in [0.15, 0.2) is 30.6 Å². The molecule has 0 radical (unpaired) electrons. The van der Waals surface area contributed by atoms with Crippen LogP contribution in [-0.2, 0) is 0 Å². The average Bonchev–Trinajstić information content (AvgIpc) is 2.29. The van der Waals surface area contributed by atoms with Crippen LogP contribution in [0.1, 0.15) is 12.0 Å². The molecular formula is C12H10N2S. The summed E-state index contributed by atoms with van der Waals surface area (Å²) < 4.78 is 0. The summed E-state index contributed by atoms with van der Waals surface area (Å²) in [5.74, 6) is 6.90. The molecular weight excluding hydrogens is 204 g/mol. The second-order valence-corrected chi connectivity index (χ2v) is 3.48. The van der Waals surface area contributed by atoms with Crippen molar-refractivity contribution in [2.75, 3.05) is 5.75 Å². The molecule has 0 saturated carbocycles. The van der Waals surface area contributed by atoms with Crippen molar-refractivity contribution in [3.05, 3.63) is 36.2 Å². The van der Waals surface area contributed by atoms with E-state index in [1.54, 1.807) is 12.4 Å². The smallest absolute Gasteiger partial charge is 0.0899 e. The largest absolute Gasteiger partial charge is 0.253 e. The van der Waals surface area contributed by atoms with Crippen molar-refractivity contribution in [2.24, 2.45) is 0 Å². The molecule has 0 amide bonds. The fraction of sp³-hybridized carbons (Fsp3) is 0.167. The zero-order chi connectivity index (χ0) is 10.5. The number of rotatable bonds is 1. The fourth-order valence-electron chi connectivity index (χ4n) is 1.26. The first-order chi connectivity index (χ1) is 7.40. The third kappa shape index (κ3) is 2.48. The molecule has 0 unspecified atom stereocenters. The Morgan fingerprint density at radius 2 is 1.93 bits per heavy atom. The van der Waals surface area contributed by atoms with Crippen molar-refractivity contribution >= 4 is 23.7 Å². The number of nitrogens with zero attached hydrogens (tertiary/aromatic N) is 2. The summed E-state index contributed by atoms with van der Waals surface area (Å²) in [7, 11) is 0. The highest BCUT2D eigenvalue weighted by molar-refractivity contribution is 7.80. The van der Waals surface area contributed by atoms with Gasteiger partial charge < -0.3 is 0 Å². The molecule has 1 heterocycles. The highest BCUT2D eigenvalue weighted by Gasteiger charge is 1.94. The predicted octanol–water partition coefficient (Wildman–Crippen LogP) is 2.30. The van der Waals surface area contributed by atoms with Crippen LogP contribution in [0.2, 0.25) is 0 Å². The monoisotopic (exact) mass is 214 g/mol. The van der Waals surface area contributed by atoms with Crippen molar-refractivity contribution in [3.8, 4) is 11.8 Å². The van der Waals surface area contributed by atoms with Crippen LogP contribution >= 0.6 is 12.6 Å². The molecule has 1 aromatic heterocycles. The summed E-state index contributed by atoms with van der Waals surface area (Å²) in [5, 5.41) is 0. The topological polar surface area (TPSA) is 25.8 Å². The lowest BCUT2D eigenvalue weighted by atomic mass is 10.2. The van der Waals surface area contributed by atoms with E-state index in [0.717, 1.165) is 28.8 Å². The molecule has 0 aliphatic carbocycles. The van der Waals surface area contributed by atoms with Crippen molar-refractivity contribution in [1.82, 2.24) is 9.97 Å². The van der Waals surface area contributed by atoms with Gasteiger partial charge in [-0.15, -0.1) is 0 Å². The molecule has 74 valence electrons. The van der Waals surface area contributed by atoms with Crippen LogP contribution in [0.5, 0.6) is 0 Å². The molecule has 2 nitrogen and oxygen atoms in total. The van der Waals surface area contributed by atoms with Gasteiger partial charge in [0.15, 0.2) is 0 Å². The van der Waals surface area contributed by atoms with Crippen molar-refractivity contribution in [2.45, 2.75) is 6.42 Å². The first-order valence-electron chi connectivity index (χ1n) is 4.70. The van der Waals surface area contributed by atoms with Gasteiger partial charge >= 0.3 is 0 Å². The van der Waals surface area contributed by atoms with E-state index >= 15 is 0 Å². The van der Waals surface area contributed by atoms with Crippen molar-refractivity contribution in [3.63, 3.8) is 0 Å². The Bertz CT molecular complexity index is 526. The van der Waals surface area contributed by atoms with Gasteiger partial charge in [0.1, 0.15) is 0 Å². The maximum atomic E-state index is 4.22. The molecule has 15 heavy (non-hydrogen) atoms. The van der Waals surface area contributed by atoms with E-state index in [9.17, 15) is 0 Å². The van der Waals surface area contributed by atoms with Crippen LogP contribution in [0.3, 0.4) is 0 Å². The summed E-state index contributed by atoms with van der Waals surface area (Å²) in [5.41, 5.74) is 2.76. The summed E-state index contributed by atoms with van der Waals surface area (Å²) in [6.07, 6.45) is 4.18. The van der Waals surface area contributed by atoms with Gasteiger partial charge in [-0.05, 0) is 18.2 Å². The quantitative estimate of drug-likeness (QED) is 0.582. The number of thiol groups is 1. The Morgan fingerprint density at radius 3 is 2.73 bits per heavy atom. The Balaban J connectivity index is 2.36. The van der Waals surface area contributed by atoms with Crippen LogP contribution in [0.25, 0.3) is 11.0 Å². The van der Waals surface area contributed by atoms with Crippen molar-refractivity contribution in [1.29, 1.82) is 0 Å². The molecule has 0 bridgehead atoms. The van der Waals surface area contributed by atoms with E-state index in [1.165, 1.54) is 0 Å². The molecule has 0 atom stereocenters. The molecule has 0 N–H and O–H groups in total. The summed E-state index contributed by atoms with van der Waals surface area (Å²) in [4.78, 5) is 8.42. The lowest BCUT2D eigenvalue weighted by Crippen LogP contribution is -1.83. The highest BCUT2D eigenvalue weighted by atomic mass is 32.1. The van der Waals surface area contributed by atoms with Gasteiger partial charge in [-0.1, -0.05) is 11.8 Å². The Morgan fingerprint density at radius 1 is 1.13 bits per heavy atom. The van der Waals surface area contributed by atoms with E-state index in [1.807, 2.05) is 18.2 Å². The van der Waals surface area contributed by atoms with Gasteiger partial charge in [0.05, 0.1) is 11.0 Å². The highest BCUT2D eigenvalue weighted by Crippen LogP contribution is 2.09. The molecule has 1 aromatic carbocycles. The minimum Gasteiger partial charge on any atom is -0.253 e. The lowest BCUT2D eigenvalue weighted by Gasteiger charge is -1.95. The van der Waals surface area contributed by atoms with E-state index in [2.05, 4.69) is 34.4 Å². The maximum absolute atomic E-state index is 4.22. The number of aromatic nitrogens is 2. The van der Waals surface area contributed by atoms with Crippen LogP contribution < -0.4 is 0 Å². The summed E-state index contributed by atoms with van der Waals surface area (Å²) >= 11 is 4.10. The maximum Gasteiger partial charge on any atom is 0.0899 e. The van der Waals surface area contributed by atoms with Crippen LogP contribution in [0.4, 0.5) is 0 Å². The predicted molar refractivity (Wildman–Crippen MR) is 64.9 cm³/mol. The Labute approximate surface area is 94.2 Å². The van der Waals surface area contributed by atoms with E-state index in [4.69, 9.17) is 0 Å². The second kappa shape index (κ2) is 4.81. The zero-order valence-electron chi connectivity index (χ0n) is 8.14. The van der Waals surface area contributed by atoms with Gasteiger partial charge in [-0.3, -0.25) is 9.97 Å². The second-order valence-electron chi connectivity index (χ2n) is 3.04. The van der Waals surface area contributed by atoms with Gasteiger partial charge in [-0.25, -0.2) is 0 Å². The molecule has 0 spiro atoms. The van der Waals surface area contributed by atoms with Gasteiger partial charge in [-0.2, -0.15) is 12.6 Å². The van der Waals surface area contributed by atoms with Gasteiger partial charge in [0.25, 0.3) is 0 Å². The molecule has 0 fully saturated rings. The standard InChI is InChI=1S/C12H10N2S/c15-8-2-1-3-10-4-5-11-12(9-10)14-7-6-13-11/h4-7,9,15H,2,8H2. The molecule has 2 rings (SSSR count). The molecule has 0 aliphatic heterocycles. The van der Waals surface area contributed by atoms with Crippen LogP contribution in [-0.4, -0.2) is 15.7 Å². The Hall–Kier alpha value is -1.53. The molecule has 0 saturated heterocycles. The minimum absolute atomic E-state index is 0.792. The normalized spacial score (nSPS) is 9.67. The van der Waals surface area contributed by atoms with Crippen LogP contribution in [0, 0.1) is 11.8 Å². The third-order valence-electron chi connectivity index (χ3n) is 1.94. The zero-order valence-corrected chi connectivity index (χ0v) is 9.04. The lowest BCUT2D eigenvalue weighted by molar-refractivity contribution is 1.29. The number of hydrogen-bond acceptors (Lipinski definition) is 3. The summed E-state index contributed by atoms with van der Waals surface area (Å²) in [6.45, 7) is 0. The van der Waals surface area contributed by atoms with E-state index < -0.39 is 0 Å². The Kier molecular flexibility index (Phi) is 3.21. The molecule has 0 aliphatic rings. The number of hydrogen-bond donors (Lipinski definition) is 1. The average molecular weight is 214 g/mol. The molecule has 2 aromatic rings. The van der Waals surface area contributed by atoms with E-state index in [-0.39, 0.29) is 0 Å². The summed E-state index contributed by atoms with van der Waals surface area (Å²) in [6, 6.07) is 5.85. The number of benzene rings is 1.